The molecule has 0 aromatic carbocycles. The number of hydrogen-bond donors (Lipinski definition) is 2. The van der Waals surface area contributed by atoms with Crippen molar-refractivity contribution in [1.82, 2.24) is 10.0 Å². The van der Waals surface area contributed by atoms with Crippen molar-refractivity contribution >= 4 is 21.4 Å². The minimum Gasteiger partial charge on any atom is -0.380 e. The predicted octanol–water partition coefficient (Wildman–Crippen LogP) is 2.09. The first kappa shape index (κ1) is 16.9. The van der Waals surface area contributed by atoms with Gasteiger partial charge in [0, 0.05) is 36.0 Å². The molecule has 0 saturated heterocycles. The van der Waals surface area contributed by atoms with Crippen molar-refractivity contribution in [3.63, 3.8) is 0 Å². The Morgan fingerprint density at radius 2 is 2.19 bits per heavy atom. The van der Waals surface area contributed by atoms with Gasteiger partial charge in [0.2, 0.25) is 10.0 Å². The number of ether oxygens (including phenoxy) is 1. The lowest BCUT2D eigenvalue weighted by Crippen LogP contribution is -2.40. The van der Waals surface area contributed by atoms with Crippen molar-refractivity contribution in [1.29, 1.82) is 0 Å². The van der Waals surface area contributed by atoms with Crippen LogP contribution in [0, 0.1) is 0 Å². The van der Waals surface area contributed by atoms with Crippen LogP contribution in [0.1, 0.15) is 38.0 Å². The molecular formula is C14H24N2O3S2. The van der Waals surface area contributed by atoms with Crippen LogP contribution in [0.3, 0.4) is 0 Å². The third kappa shape index (κ3) is 4.50. The molecule has 0 amide bonds. The van der Waals surface area contributed by atoms with Gasteiger partial charge in [0.1, 0.15) is 0 Å². The summed E-state index contributed by atoms with van der Waals surface area (Å²) in [7, 11) is -1.82. The van der Waals surface area contributed by atoms with E-state index in [-0.39, 0.29) is 12.1 Å². The zero-order chi connectivity index (χ0) is 15.5. The lowest BCUT2D eigenvalue weighted by molar-refractivity contribution is 0.0916. The molecule has 1 heterocycles. The summed E-state index contributed by atoms with van der Waals surface area (Å²) in [5, 5.41) is 5.00. The molecule has 2 atom stereocenters. The summed E-state index contributed by atoms with van der Waals surface area (Å²) < 4.78 is 33.0. The Balaban J connectivity index is 2.02. The van der Waals surface area contributed by atoms with E-state index in [1.807, 2.05) is 0 Å². The Bertz CT molecular complexity index is 554. The molecule has 7 heteroatoms. The molecule has 2 N–H and O–H groups in total. The summed E-state index contributed by atoms with van der Waals surface area (Å²) in [5.74, 6) is 0. The number of sulfonamides is 1. The van der Waals surface area contributed by atoms with Crippen LogP contribution < -0.4 is 10.0 Å². The van der Waals surface area contributed by atoms with E-state index in [9.17, 15) is 8.42 Å². The van der Waals surface area contributed by atoms with Crippen LogP contribution in [-0.4, -0.2) is 33.7 Å². The standard InChI is InChI=1S/C14H24N2O3S2/c1-10(2)15-8-11-7-12(9-20-11)21(17,18)16-13-5-4-6-14(13)19-3/h7,9-10,13-16H,4-6,8H2,1-3H3. The Morgan fingerprint density at radius 3 is 2.86 bits per heavy atom. The highest BCUT2D eigenvalue weighted by atomic mass is 32.2. The summed E-state index contributed by atoms with van der Waals surface area (Å²) in [6, 6.07) is 2.02. The first-order valence-electron chi connectivity index (χ1n) is 7.28. The fourth-order valence-electron chi connectivity index (χ4n) is 2.51. The number of hydrogen-bond acceptors (Lipinski definition) is 5. The molecule has 5 nitrogen and oxygen atoms in total. The minimum atomic E-state index is -3.45. The van der Waals surface area contributed by atoms with E-state index in [1.165, 1.54) is 11.3 Å². The zero-order valence-corrected chi connectivity index (χ0v) is 14.4. The van der Waals surface area contributed by atoms with Gasteiger partial charge in [-0.15, -0.1) is 11.3 Å². The number of nitrogens with one attached hydrogen (secondary N) is 2. The normalized spacial score (nSPS) is 23.0. The molecule has 1 aliphatic carbocycles. The van der Waals surface area contributed by atoms with Crippen LogP contribution in [0.25, 0.3) is 0 Å². The molecule has 0 bridgehead atoms. The van der Waals surface area contributed by atoms with Gasteiger partial charge in [0.05, 0.1) is 11.0 Å². The van der Waals surface area contributed by atoms with Crippen molar-refractivity contribution in [2.45, 2.75) is 62.7 Å². The largest absolute Gasteiger partial charge is 0.380 e. The van der Waals surface area contributed by atoms with E-state index in [0.717, 1.165) is 24.1 Å². The monoisotopic (exact) mass is 332 g/mol. The second-order valence-corrected chi connectivity index (χ2v) is 8.43. The average Bonchev–Trinajstić information content (AvgIpc) is 3.04. The molecule has 120 valence electrons. The Morgan fingerprint density at radius 1 is 1.43 bits per heavy atom. The van der Waals surface area contributed by atoms with E-state index in [1.54, 1.807) is 18.6 Å². The highest BCUT2D eigenvalue weighted by Crippen LogP contribution is 2.25. The van der Waals surface area contributed by atoms with Gasteiger partial charge in [-0.2, -0.15) is 0 Å². The summed E-state index contributed by atoms with van der Waals surface area (Å²) in [6.07, 6.45) is 2.74. The van der Waals surface area contributed by atoms with E-state index >= 15 is 0 Å². The fourth-order valence-corrected chi connectivity index (χ4v) is 5.03. The Kier molecular flexibility index (Phi) is 5.79. The molecule has 0 radical (unpaired) electrons. The van der Waals surface area contributed by atoms with Crippen LogP contribution in [0.5, 0.6) is 0 Å². The molecule has 1 saturated carbocycles. The average molecular weight is 332 g/mol. The maximum atomic E-state index is 12.4. The van der Waals surface area contributed by atoms with Gasteiger partial charge in [-0.05, 0) is 25.3 Å². The minimum absolute atomic E-state index is 0.0134. The van der Waals surface area contributed by atoms with Crippen LogP contribution in [0.15, 0.2) is 16.3 Å². The molecule has 2 unspecified atom stereocenters. The summed E-state index contributed by atoms with van der Waals surface area (Å²) >= 11 is 1.47. The maximum Gasteiger partial charge on any atom is 0.241 e. The van der Waals surface area contributed by atoms with E-state index in [2.05, 4.69) is 23.9 Å². The molecule has 21 heavy (non-hydrogen) atoms. The molecule has 1 aromatic heterocycles. The van der Waals surface area contributed by atoms with E-state index < -0.39 is 10.0 Å². The summed E-state index contributed by atoms with van der Waals surface area (Å²) in [5.41, 5.74) is 0. The van der Waals surface area contributed by atoms with Crippen LogP contribution in [0.4, 0.5) is 0 Å². The van der Waals surface area contributed by atoms with Crippen LogP contribution in [-0.2, 0) is 21.3 Å². The number of methoxy groups -OCH3 is 1. The lowest BCUT2D eigenvalue weighted by Gasteiger charge is -2.19. The van der Waals surface area contributed by atoms with Crippen molar-refractivity contribution in [2.75, 3.05) is 7.11 Å². The van der Waals surface area contributed by atoms with Gasteiger partial charge in [-0.1, -0.05) is 13.8 Å². The molecule has 0 aliphatic heterocycles. The van der Waals surface area contributed by atoms with Gasteiger partial charge in [0.15, 0.2) is 0 Å². The van der Waals surface area contributed by atoms with Gasteiger partial charge in [-0.25, -0.2) is 13.1 Å². The molecule has 1 aromatic rings. The Labute approximate surface area is 131 Å². The smallest absolute Gasteiger partial charge is 0.241 e. The quantitative estimate of drug-likeness (QED) is 0.802. The molecule has 2 rings (SSSR count). The molecule has 0 spiro atoms. The second kappa shape index (κ2) is 7.19. The maximum absolute atomic E-state index is 12.4. The van der Waals surface area contributed by atoms with Crippen molar-refractivity contribution in [3.8, 4) is 0 Å². The van der Waals surface area contributed by atoms with Crippen molar-refractivity contribution in [2.24, 2.45) is 0 Å². The van der Waals surface area contributed by atoms with Gasteiger partial charge in [0.25, 0.3) is 0 Å². The fraction of sp³-hybridized carbons (Fsp3) is 0.714. The van der Waals surface area contributed by atoms with E-state index in [4.69, 9.17) is 4.74 Å². The van der Waals surface area contributed by atoms with Gasteiger partial charge >= 0.3 is 0 Å². The van der Waals surface area contributed by atoms with Crippen LogP contribution >= 0.6 is 11.3 Å². The third-order valence-corrected chi connectivity index (χ3v) is 6.24. The third-order valence-electron chi connectivity index (χ3n) is 3.69. The predicted molar refractivity (Wildman–Crippen MR) is 85.1 cm³/mol. The summed E-state index contributed by atoms with van der Waals surface area (Å²) in [4.78, 5) is 1.38. The SMILES string of the molecule is COC1CCCC1NS(=O)(=O)c1csc(CNC(C)C)c1. The Hall–Kier alpha value is -0.470. The molecular weight excluding hydrogens is 308 g/mol. The highest BCUT2D eigenvalue weighted by Gasteiger charge is 2.31. The highest BCUT2D eigenvalue weighted by molar-refractivity contribution is 7.89. The van der Waals surface area contributed by atoms with Crippen molar-refractivity contribution in [3.05, 3.63) is 16.3 Å². The molecule has 1 aliphatic rings. The van der Waals surface area contributed by atoms with Gasteiger partial charge in [-0.3, -0.25) is 0 Å². The lowest BCUT2D eigenvalue weighted by atomic mass is 10.2. The zero-order valence-electron chi connectivity index (χ0n) is 12.8. The molecule has 1 fully saturated rings. The number of thiophene rings is 1. The van der Waals surface area contributed by atoms with Crippen LogP contribution in [0.2, 0.25) is 0 Å². The number of rotatable bonds is 7. The van der Waals surface area contributed by atoms with Crippen molar-refractivity contribution < 1.29 is 13.2 Å². The topological polar surface area (TPSA) is 67.4 Å². The van der Waals surface area contributed by atoms with E-state index in [0.29, 0.717) is 17.5 Å². The first-order chi connectivity index (χ1) is 9.92. The second-order valence-electron chi connectivity index (χ2n) is 5.72. The summed E-state index contributed by atoms with van der Waals surface area (Å²) in [6.45, 7) is 4.83. The van der Waals surface area contributed by atoms with Gasteiger partial charge < -0.3 is 10.1 Å². The first-order valence-corrected chi connectivity index (χ1v) is 9.64.